The van der Waals surface area contributed by atoms with E-state index in [1.807, 2.05) is 0 Å². The maximum atomic E-state index is 13.1. The Labute approximate surface area is 173 Å². The number of nitrogens with zero attached hydrogens (tertiary/aromatic N) is 1. The van der Waals surface area contributed by atoms with Gasteiger partial charge in [-0.3, -0.25) is 10.0 Å². The number of rotatable bonds is 7. The fraction of sp³-hybridized carbons (Fsp3) is 0.250. The van der Waals surface area contributed by atoms with E-state index in [1.54, 1.807) is 30.3 Å². The van der Waals surface area contributed by atoms with Crippen LogP contribution in [0.25, 0.3) is 5.57 Å². The van der Waals surface area contributed by atoms with Gasteiger partial charge in [0.05, 0.1) is 0 Å². The molecule has 10 heteroatoms. The fourth-order valence-electron chi connectivity index (χ4n) is 3.18. The summed E-state index contributed by atoms with van der Waals surface area (Å²) in [5, 5.41) is 18.3. The smallest absolute Gasteiger partial charge is 0.280 e. The van der Waals surface area contributed by atoms with Gasteiger partial charge in [-0.25, -0.2) is 9.87 Å². The van der Waals surface area contributed by atoms with Crippen LogP contribution in [-0.2, 0) is 21.4 Å². The Morgan fingerprint density at radius 3 is 2.37 bits per heavy atom. The second kappa shape index (κ2) is 9.35. The van der Waals surface area contributed by atoms with Crippen LogP contribution in [0.1, 0.15) is 17.5 Å². The molecule has 2 aromatic rings. The van der Waals surface area contributed by atoms with Gasteiger partial charge < -0.3 is 5.11 Å². The Hall–Kier alpha value is -2.79. The van der Waals surface area contributed by atoms with Gasteiger partial charge in [0, 0.05) is 13.1 Å². The van der Waals surface area contributed by atoms with E-state index in [0.29, 0.717) is 12.0 Å². The molecule has 0 aromatic heterocycles. The highest BCUT2D eigenvalue weighted by Crippen LogP contribution is 2.23. The molecule has 8 nitrogen and oxygen atoms in total. The quantitative estimate of drug-likeness (QED) is 0.389. The third-order valence-electron chi connectivity index (χ3n) is 4.82. The van der Waals surface area contributed by atoms with Crippen molar-refractivity contribution in [3.8, 4) is 5.75 Å². The predicted octanol–water partition coefficient (Wildman–Crippen LogP) is 1.57. The normalized spacial score (nSPS) is 16.0. The lowest BCUT2D eigenvalue weighted by Gasteiger charge is -2.28. The number of amides is 1. The number of hydrogen-bond donors (Lipinski definition) is 4. The average Bonchev–Trinajstić information content (AvgIpc) is 2.75. The number of phenolic OH excluding ortho intramolecular Hbond substituents is 1. The van der Waals surface area contributed by atoms with Gasteiger partial charge >= 0.3 is 0 Å². The summed E-state index contributed by atoms with van der Waals surface area (Å²) >= 11 is 0. The summed E-state index contributed by atoms with van der Waals surface area (Å²) in [7, 11) is -4.02. The number of halogens is 1. The van der Waals surface area contributed by atoms with Crippen LogP contribution in [0.15, 0.2) is 54.6 Å². The Kier molecular flexibility index (Phi) is 6.83. The lowest BCUT2D eigenvalue weighted by molar-refractivity contribution is -0.130. The Bertz CT molecular complexity index is 1020. The van der Waals surface area contributed by atoms with E-state index in [0.717, 1.165) is 11.1 Å². The summed E-state index contributed by atoms with van der Waals surface area (Å²) in [5.74, 6) is -1.20. The number of phenols is 1. The molecule has 0 saturated heterocycles. The molecule has 160 valence electrons. The van der Waals surface area contributed by atoms with Crippen molar-refractivity contribution in [2.75, 3.05) is 13.1 Å². The topological polar surface area (TPSA) is 119 Å². The van der Waals surface area contributed by atoms with E-state index >= 15 is 0 Å². The van der Waals surface area contributed by atoms with Gasteiger partial charge in [0.1, 0.15) is 17.6 Å². The lowest BCUT2D eigenvalue weighted by Crippen LogP contribution is -2.52. The molecular formula is C20H22FN3O5S. The van der Waals surface area contributed by atoms with Crippen LogP contribution >= 0.6 is 0 Å². The summed E-state index contributed by atoms with van der Waals surface area (Å²) < 4.78 is 42.2. The Morgan fingerprint density at radius 2 is 1.80 bits per heavy atom. The van der Waals surface area contributed by atoms with E-state index in [-0.39, 0.29) is 31.1 Å². The van der Waals surface area contributed by atoms with Crippen molar-refractivity contribution >= 4 is 21.7 Å². The van der Waals surface area contributed by atoms with Crippen molar-refractivity contribution in [3.63, 3.8) is 0 Å². The molecule has 30 heavy (non-hydrogen) atoms. The highest BCUT2D eigenvalue weighted by Gasteiger charge is 2.30. The highest BCUT2D eigenvalue weighted by molar-refractivity contribution is 7.87. The maximum Gasteiger partial charge on any atom is 0.280 e. The first-order chi connectivity index (χ1) is 14.3. The number of nitrogens with one attached hydrogen (secondary N) is 2. The van der Waals surface area contributed by atoms with Gasteiger partial charge in [-0.15, -0.1) is 0 Å². The molecule has 1 atom stereocenters. The zero-order valence-corrected chi connectivity index (χ0v) is 16.8. The number of hydrogen-bond acceptors (Lipinski definition) is 5. The molecule has 1 amide bonds. The number of carbonyl (C=O) groups excluding carboxylic acids is 1. The third kappa shape index (κ3) is 5.42. The van der Waals surface area contributed by atoms with Crippen molar-refractivity contribution in [1.82, 2.24) is 14.5 Å². The number of benzene rings is 2. The average molecular weight is 435 g/mol. The molecule has 4 N–H and O–H groups in total. The Balaban J connectivity index is 1.70. The molecule has 0 radical (unpaired) electrons. The molecule has 3 rings (SSSR count). The molecular weight excluding hydrogens is 413 g/mol. The molecule has 1 aliphatic rings. The lowest BCUT2D eigenvalue weighted by atomic mass is 10.0. The number of hydroxylamine groups is 1. The van der Waals surface area contributed by atoms with E-state index in [2.05, 4.69) is 4.72 Å². The molecule has 0 saturated carbocycles. The van der Waals surface area contributed by atoms with E-state index < -0.39 is 22.2 Å². The van der Waals surface area contributed by atoms with Gasteiger partial charge in [-0.05, 0) is 53.8 Å². The zero-order chi connectivity index (χ0) is 21.7. The maximum absolute atomic E-state index is 13.1. The van der Waals surface area contributed by atoms with Crippen LogP contribution in [0.3, 0.4) is 0 Å². The van der Waals surface area contributed by atoms with Crippen LogP contribution in [0, 0.1) is 5.82 Å². The molecule has 2 aromatic carbocycles. The number of aromatic hydroxyl groups is 1. The SMILES string of the molecule is O=C(NO)[C@@H](Cc1ccc(O)cc1)NS(=O)(=O)N1CC=C(c2ccc(F)cc2)CC1. The van der Waals surface area contributed by atoms with Crippen molar-refractivity contribution in [1.29, 1.82) is 0 Å². The number of carbonyl (C=O) groups is 1. The molecule has 0 aliphatic carbocycles. The first-order valence-electron chi connectivity index (χ1n) is 9.23. The predicted molar refractivity (Wildman–Crippen MR) is 108 cm³/mol. The second-order valence-electron chi connectivity index (χ2n) is 6.87. The van der Waals surface area contributed by atoms with Gasteiger partial charge in [-0.1, -0.05) is 30.3 Å². The van der Waals surface area contributed by atoms with Crippen LogP contribution in [0.5, 0.6) is 5.75 Å². The monoisotopic (exact) mass is 435 g/mol. The molecule has 0 bridgehead atoms. The van der Waals surface area contributed by atoms with Gasteiger partial charge in [0.25, 0.3) is 16.1 Å². The standard InChI is InChI=1S/C20H22FN3O5S/c21-17-5-3-15(4-6-17)16-9-11-24(12-10-16)30(28,29)23-19(20(26)22-27)13-14-1-7-18(25)8-2-14/h1-9,19,23,25,27H,10-13H2,(H,22,26)/t19-/m1/s1. The van der Waals surface area contributed by atoms with Crippen LogP contribution in [-0.4, -0.2) is 48.1 Å². The second-order valence-corrected chi connectivity index (χ2v) is 8.57. The molecule has 1 heterocycles. The fourth-order valence-corrected chi connectivity index (χ4v) is 4.48. The van der Waals surface area contributed by atoms with E-state index in [9.17, 15) is 22.7 Å². The minimum absolute atomic E-state index is 0.0174. The van der Waals surface area contributed by atoms with Crippen molar-refractivity contribution in [3.05, 3.63) is 71.6 Å². The molecule has 0 unspecified atom stereocenters. The Morgan fingerprint density at radius 1 is 1.13 bits per heavy atom. The third-order valence-corrected chi connectivity index (χ3v) is 6.41. The van der Waals surface area contributed by atoms with Gasteiger partial charge in [0.15, 0.2) is 0 Å². The van der Waals surface area contributed by atoms with Crippen molar-refractivity contribution in [2.45, 2.75) is 18.9 Å². The summed E-state index contributed by atoms with van der Waals surface area (Å²) in [4.78, 5) is 12.0. The summed E-state index contributed by atoms with van der Waals surface area (Å²) in [6, 6.07) is 10.7. The first-order valence-corrected chi connectivity index (χ1v) is 10.7. The van der Waals surface area contributed by atoms with Crippen LogP contribution in [0.2, 0.25) is 0 Å². The molecule has 0 fully saturated rings. The van der Waals surface area contributed by atoms with E-state index in [4.69, 9.17) is 5.21 Å². The molecule has 1 aliphatic heterocycles. The van der Waals surface area contributed by atoms with Gasteiger partial charge in [-0.2, -0.15) is 17.4 Å². The molecule has 0 spiro atoms. The van der Waals surface area contributed by atoms with Crippen molar-refractivity contribution in [2.24, 2.45) is 0 Å². The summed E-state index contributed by atoms with van der Waals surface area (Å²) in [5.41, 5.74) is 3.81. The minimum atomic E-state index is -4.02. The summed E-state index contributed by atoms with van der Waals surface area (Å²) in [6.07, 6.45) is 2.16. The first kappa shape index (κ1) is 21.9. The minimum Gasteiger partial charge on any atom is -0.508 e. The van der Waals surface area contributed by atoms with Crippen LogP contribution in [0.4, 0.5) is 4.39 Å². The highest BCUT2D eigenvalue weighted by atomic mass is 32.2. The summed E-state index contributed by atoms with van der Waals surface area (Å²) in [6.45, 7) is 0.278. The largest absolute Gasteiger partial charge is 0.508 e. The van der Waals surface area contributed by atoms with Crippen LogP contribution < -0.4 is 10.2 Å². The van der Waals surface area contributed by atoms with E-state index in [1.165, 1.54) is 34.1 Å². The zero-order valence-electron chi connectivity index (χ0n) is 16.0. The van der Waals surface area contributed by atoms with Gasteiger partial charge in [0.2, 0.25) is 0 Å². The van der Waals surface area contributed by atoms with Crippen molar-refractivity contribution < 1.29 is 27.9 Å².